The number of nitrogens with two attached hydrogens (primary N) is 1. The molecular weight excluding hydrogens is 234 g/mol. The smallest absolute Gasteiger partial charge is 0.101 e. The Hall–Kier alpha value is -2.47. The average molecular weight is 251 g/mol. The quantitative estimate of drug-likeness (QED) is 0.633. The van der Waals surface area contributed by atoms with Crippen LogP contribution in [0.1, 0.15) is 17.5 Å². The van der Waals surface area contributed by atoms with Crippen LogP contribution in [0.2, 0.25) is 0 Å². The summed E-state index contributed by atoms with van der Waals surface area (Å²) >= 11 is 0. The van der Waals surface area contributed by atoms with Crippen molar-refractivity contribution in [1.29, 1.82) is 5.26 Å². The molecule has 0 unspecified atom stereocenters. The molecule has 0 aliphatic rings. The first-order valence-electron chi connectivity index (χ1n) is 6.37. The molecule has 0 aliphatic carbocycles. The largest absolute Gasteiger partial charge is 0.399 e. The molecule has 0 saturated carbocycles. The van der Waals surface area contributed by atoms with Crippen LogP contribution in [0.15, 0.2) is 48.5 Å². The van der Waals surface area contributed by atoms with E-state index >= 15 is 0 Å². The van der Waals surface area contributed by atoms with Crippen LogP contribution in [-0.4, -0.2) is 6.54 Å². The number of nitrogens with zero attached hydrogens (tertiary/aromatic N) is 1. The van der Waals surface area contributed by atoms with Gasteiger partial charge in [0.15, 0.2) is 0 Å². The molecule has 3 heteroatoms. The van der Waals surface area contributed by atoms with Gasteiger partial charge < -0.3 is 11.1 Å². The van der Waals surface area contributed by atoms with Gasteiger partial charge in [0.05, 0.1) is 11.3 Å². The van der Waals surface area contributed by atoms with E-state index in [-0.39, 0.29) is 0 Å². The Kier molecular flexibility index (Phi) is 4.41. The number of hydrogen-bond donors (Lipinski definition) is 2. The summed E-state index contributed by atoms with van der Waals surface area (Å²) in [5, 5.41) is 12.3. The summed E-state index contributed by atoms with van der Waals surface area (Å²) in [6.07, 6.45) is 2.06. The van der Waals surface area contributed by atoms with Crippen LogP contribution >= 0.6 is 0 Å². The first-order valence-corrected chi connectivity index (χ1v) is 6.37. The molecule has 0 radical (unpaired) electrons. The molecule has 0 aromatic heterocycles. The lowest BCUT2D eigenvalue weighted by Crippen LogP contribution is -2.04. The lowest BCUT2D eigenvalue weighted by atomic mass is 10.1. The Bertz CT molecular complexity index is 570. The van der Waals surface area contributed by atoms with Crippen LogP contribution in [0.5, 0.6) is 0 Å². The zero-order valence-corrected chi connectivity index (χ0v) is 10.8. The molecule has 2 aromatic rings. The molecular formula is C16H17N3. The molecule has 0 spiro atoms. The van der Waals surface area contributed by atoms with Crippen molar-refractivity contribution >= 4 is 11.4 Å². The molecule has 0 atom stereocenters. The van der Waals surface area contributed by atoms with E-state index < -0.39 is 0 Å². The van der Waals surface area contributed by atoms with Gasteiger partial charge in [-0.1, -0.05) is 30.3 Å². The van der Waals surface area contributed by atoms with Gasteiger partial charge in [0.2, 0.25) is 0 Å². The number of aryl methyl sites for hydroxylation is 1. The summed E-state index contributed by atoms with van der Waals surface area (Å²) in [7, 11) is 0. The van der Waals surface area contributed by atoms with E-state index in [1.54, 1.807) is 12.1 Å². The molecule has 3 N–H and O–H groups in total. The zero-order valence-electron chi connectivity index (χ0n) is 10.8. The molecule has 0 saturated heterocycles. The van der Waals surface area contributed by atoms with Crippen LogP contribution in [0, 0.1) is 11.3 Å². The molecule has 0 aliphatic heterocycles. The molecule has 19 heavy (non-hydrogen) atoms. The normalized spacial score (nSPS) is 9.84. The molecule has 2 aromatic carbocycles. The third kappa shape index (κ3) is 3.75. The second-order valence-electron chi connectivity index (χ2n) is 4.43. The monoisotopic (exact) mass is 251 g/mol. The summed E-state index contributed by atoms with van der Waals surface area (Å²) in [5.41, 5.74) is 9.06. The number of nitrogens with one attached hydrogen (secondary N) is 1. The summed E-state index contributed by atoms with van der Waals surface area (Å²) in [6.45, 7) is 0.841. The van der Waals surface area contributed by atoms with Crippen molar-refractivity contribution in [2.75, 3.05) is 17.6 Å². The van der Waals surface area contributed by atoms with Crippen molar-refractivity contribution in [2.24, 2.45) is 0 Å². The minimum atomic E-state index is 0.597. The molecule has 0 amide bonds. The highest BCUT2D eigenvalue weighted by Crippen LogP contribution is 2.17. The summed E-state index contributed by atoms with van der Waals surface area (Å²) in [6, 6.07) is 17.9. The average Bonchev–Trinajstić information content (AvgIpc) is 2.46. The third-order valence-corrected chi connectivity index (χ3v) is 2.96. The predicted molar refractivity (Wildman–Crippen MR) is 78.8 cm³/mol. The molecule has 0 bridgehead atoms. The summed E-state index contributed by atoms with van der Waals surface area (Å²) in [5.74, 6) is 0. The van der Waals surface area contributed by atoms with Gasteiger partial charge >= 0.3 is 0 Å². The van der Waals surface area contributed by atoms with E-state index in [1.165, 1.54) is 5.56 Å². The lowest BCUT2D eigenvalue weighted by Gasteiger charge is -2.08. The van der Waals surface area contributed by atoms with Crippen molar-refractivity contribution in [1.82, 2.24) is 0 Å². The number of benzene rings is 2. The van der Waals surface area contributed by atoms with Crippen LogP contribution in [0.3, 0.4) is 0 Å². The summed E-state index contributed by atoms with van der Waals surface area (Å²) < 4.78 is 0. The minimum absolute atomic E-state index is 0.597. The molecule has 3 nitrogen and oxygen atoms in total. The second-order valence-corrected chi connectivity index (χ2v) is 4.43. The van der Waals surface area contributed by atoms with Crippen molar-refractivity contribution in [2.45, 2.75) is 12.8 Å². The topological polar surface area (TPSA) is 61.8 Å². The highest BCUT2D eigenvalue weighted by Gasteiger charge is 2.01. The fourth-order valence-electron chi connectivity index (χ4n) is 1.97. The molecule has 2 rings (SSSR count). The van der Waals surface area contributed by atoms with Gasteiger partial charge in [-0.05, 0) is 36.6 Å². The Labute approximate surface area is 113 Å². The van der Waals surface area contributed by atoms with Crippen molar-refractivity contribution in [3.8, 4) is 6.07 Å². The SMILES string of the molecule is N#Cc1cc(N)ccc1NCCCc1ccccc1. The van der Waals surface area contributed by atoms with Crippen molar-refractivity contribution in [3.05, 3.63) is 59.7 Å². The van der Waals surface area contributed by atoms with Gasteiger partial charge in [0.1, 0.15) is 6.07 Å². The number of nitriles is 1. The third-order valence-electron chi connectivity index (χ3n) is 2.96. The fourth-order valence-corrected chi connectivity index (χ4v) is 1.97. The maximum Gasteiger partial charge on any atom is 0.101 e. The van der Waals surface area contributed by atoms with Gasteiger partial charge in [0, 0.05) is 12.2 Å². The van der Waals surface area contributed by atoms with E-state index in [0.717, 1.165) is 25.1 Å². The Morgan fingerprint density at radius 3 is 2.63 bits per heavy atom. The van der Waals surface area contributed by atoms with Gasteiger partial charge in [-0.2, -0.15) is 5.26 Å². The van der Waals surface area contributed by atoms with E-state index in [1.807, 2.05) is 12.1 Å². The maximum atomic E-state index is 9.03. The second kappa shape index (κ2) is 6.46. The maximum absolute atomic E-state index is 9.03. The van der Waals surface area contributed by atoms with Crippen LogP contribution in [-0.2, 0) is 6.42 Å². The van der Waals surface area contributed by atoms with Crippen molar-refractivity contribution < 1.29 is 0 Å². The van der Waals surface area contributed by atoms with Crippen LogP contribution in [0.4, 0.5) is 11.4 Å². The highest BCUT2D eigenvalue weighted by molar-refractivity contribution is 5.62. The first kappa shape index (κ1) is 13.0. The fraction of sp³-hybridized carbons (Fsp3) is 0.188. The lowest BCUT2D eigenvalue weighted by molar-refractivity contribution is 0.863. The number of hydrogen-bond acceptors (Lipinski definition) is 3. The van der Waals surface area contributed by atoms with E-state index in [9.17, 15) is 0 Å². The Balaban J connectivity index is 1.85. The standard InChI is InChI=1S/C16H17N3/c17-12-14-11-15(18)8-9-16(14)19-10-4-7-13-5-2-1-3-6-13/h1-3,5-6,8-9,11,19H,4,7,10,18H2. The zero-order chi connectivity index (χ0) is 13.5. The Morgan fingerprint density at radius 1 is 1.11 bits per heavy atom. The molecule has 0 fully saturated rings. The van der Waals surface area contributed by atoms with E-state index in [4.69, 9.17) is 11.0 Å². The van der Waals surface area contributed by atoms with Gasteiger partial charge in [0.25, 0.3) is 0 Å². The molecule has 0 heterocycles. The predicted octanol–water partition coefficient (Wildman–Crippen LogP) is 3.19. The number of rotatable bonds is 5. The van der Waals surface area contributed by atoms with E-state index in [0.29, 0.717) is 11.3 Å². The summed E-state index contributed by atoms with van der Waals surface area (Å²) in [4.78, 5) is 0. The number of nitrogen functional groups attached to an aromatic ring is 1. The van der Waals surface area contributed by atoms with Gasteiger partial charge in [-0.25, -0.2) is 0 Å². The van der Waals surface area contributed by atoms with Gasteiger partial charge in [-0.3, -0.25) is 0 Å². The Morgan fingerprint density at radius 2 is 1.89 bits per heavy atom. The number of anilines is 2. The van der Waals surface area contributed by atoms with Crippen LogP contribution in [0.25, 0.3) is 0 Å². The van der Waals surface area contributed by atoms with Gasteiger partial charge in [-0.15, -0.1) is 0 Å². The molecule has 96 valence electrons. The van der Waals surface area contributed by atoms with E-state index in [2.05, 4.69) is 35.7 Å². The highest BCUT2D eigenvalue weighted by atomic mass is 14.9. The van der Waals surface area contributed by atoms with Crippen LogP contribution < -0.4 is 11.1 Å². The van der Waals surface area contributed by atoms with Crippen molar-refractivity contribution in [3.63, 3.8) is 0 Å². The first-order chi connectivity index (χ1) is 9.29. The minimum Gasteiger partial charge on any atom is -0.399 e.